The van der Waals surface area contributed by atoms with E-state index in [0.717, 1.165) is 22.0 Å². The number of ether oxygens (including phenoxy) is 1. The minimum absolute atomic E-state index is 0.0367. The highest BCUT2D eigenvalue weighted by Crippen LogP contribution is 2.49. The van der Waals surface area contributed by atoms with Crippen LogP contribution in [0.3, 0.4) is 0 Å². The summed E-state index contributed by atoms with van der Waals surface area (Å²) in [5.74, 6) is 0. The lowest BCUT2D eigenvalue weighted by molar-refractivity contribution is -0.875. The molecular weight excluding hydrogens is 770 g/mol. The first kappa shape index (κ1) is 33.1. The molecule has 248 valence electrons. The second-order valence-corrected chi connectivity index (χ2v) is 20.4. The number of fused-ring (bicyclic) bond motifs is 2. The smallest absolute Gasteiger partial charge is 0.415 e. The van der Waals surface area contributed by atoms with E-state index < -0.39 is 23.3 Å². The third kappa shape index (κ3) is 5.85. The van der Waals surface area contributed by atoms with E-state index in [1.165, 1.54) is 8.61 Å². The predicted octanol–water partition coefficient (Wildman–Crippen LogP) is 6.51. The van der Waals surface area contributed by atoms with E-state index in [1.54, 1.807) is 42.5 Å². The molecule has 1 amide bonds. The molecule has 0 aromatic heterocycles. The Morgan fingerprint density at radius 3 is 1.89 bits per heavy atom. The van der Waals surface area contributed by atoms with Crippen molar-refractivity contribution in [1.29, 1.82) is 0 Å². The molecule has 1 unspecified atom stereocenters. The summed E-state index contributed by atoms with van der Waals surface area (Å²) in [4.78, 5) is 14.8. The van der Waals surface area contributed by atoms with E-state index in [0.29, 0.717) is 32.1 Å². The van der Waals surface area contributed by atoms with Crippen LogP contribution in [0.4, 0.5) is 4.79 Å². The van der Waals surface area contributed by atoms with Crippen molar-refractivity contribution in [2.45, 2.75) is 57.2 Å². The van der Waals surface area contributed by atoms with Crippen LogP contribution in [0.5, 0.6) is 0 Å². The molecule has 1 atom stereocenters. The van der Waals surface area contributed by atoms with Gasteiger partial charge in [0, 0.05) is 63.9 Å². The van der Waals surface area contributed by atoms with E-state index in [1.807, 2.05) is 30.3 Å². The van der Waals surface area contributed by atoms with Gasteiger partial charge in [-0.05, 0) is 47.2 Å². The van der Waals surface area contributed by atoms with Gasteiger partial charge in [0.1, 0.15) is 27.6 Å². The molecule has 0 radical (unpaired) electrons. The summed E-state index contributed by atoms with van der Waals surface area (Å²) in [5, 5.41) is 1.84. The van der Waals surface area contributed by atoms with E-state index >= 15 is 0 Å². The molecule has 3 aliphatic heterocycles. The predicted molar refractivity (Wildman–Crippen MR) is 187 cm³/mol. The van der Waals surface area contributed by atoms with Gasteiger partial charge in [-0.2, -0.15) is 17.9 Å². The number of carbonyl (C=O) groups excluding carboxylic acids is 1. The maximum Gasteiger partial charge on any atom is 0.522 e. The first-order valence-corrected chi connectivity index (χ1v) is 20.3. The maximum absolute atomic E-state index is 14.3. The van der Waals surface area contributed by atoms with Crippen molar-refractivity contribution in [3.05, 3.63) is 96.2 Å². The average Bonchev–Trinajstić information content (AvgIpc) is 3.08. The third-order valence-corrected chi connectivity index (χ3v) is 15.0. The van der Waals surface area contributed by atoms with Gasteiger partial charge in [0.25, 0.3) is 0 Å². The van der Waals surface area contributed by atoms with Crippen LogP contribution >= 0.6 is 31.9 Å². The summed E-state index contributed by atoms with van der Waals surface area (Å²) < 4.78 is 63.1. The summed E-state index contributed by atoms with van der Waals surface area (Å²) in [6.07, 6.45) is 6.27. The fourth-order valence-corrected chi connectivity index (χ4v) is 11.7. The monoisotopic (exact) mass is 804 g/mol. The highest BCUT2D eigenvalue weighted by Gasteiger charge is 2.60. The number of quaternary nitrogens is 1. The summed E-state index contributed by atoms with van der Waals surface area (Å²) in [7, 11) is -7.43. The number of nitrogens with zero attached hydrogens (tertiary/aromatic N) is 3. The molecule has 3 aromatic carbocycles. The van der Waals surface area contributed by atoms with E-state index in [4.69, 9.17) is 4.74 Å². The highest BCUT2D eigenvalue weighted by atomic mass is 79.9. The van der Waals surface area contributed by atoms with Crippen molar-refractivity contribution >= 4 is 68.8 Å². The third-order valence-electron chi connectivity index (χ3n) is 10.1. The molecule has 0 saturated carbocycles. The van der Waals surface area contributed by atoms with Crippen molar-refractivity contribution in [3.8, 4) is 0 Å². The first-order chi connectivity index (χ1) is 22.4. The molecule has 1 aliphatic carbocycles. The molecule has 47 heavy (non-hydrogen) atoms. The number of amides is 1. The number of alkyl halides is 2. The Kier molecular flexibility index (Phi) is 8.80. The van der Waals surface area contributed by atoms with Crippen molar-refractivity contribution in [2.24, 2.45) is 0 Å². The standard InChI is InChI=1S/C34H36Br2N3O6S2/c35-34(36)17-12-32-27(23-34)24-45-33(40)39(32,28-13-18-37(19-14-28)46(41,42)30-8-2-1-3-9-30)29-15-20-38(21-16-29)47(43,44)31-11-10-25-6-4-5-7-26(25)22-31/h1-12,22-23,28-29H,13-21,24H2/q+1. The van der Waals surface area contributed by atoms with E-state index in [9.17, 15) is 21.6 Å². The number of cyclic esters (lactones) is 1. The Bertz CT molecular complexity index is 1990. The van der Waals surface area contributed by atoms with Crippen molar-refractivity contribution < 1.29 is 30.9 Å². The van der Waals surface area contributed by atoms with Gasteiger partial charge in [-0.3, -0.25) is 0 Å². The Morgan fingerprint density at radius 1 is 0.723 bits per heavy atom. The molecule has 9 nitrogen and oxygen atoms in total. The number of hydrogen-bond donors (Lipinski definition) is 0. The SMILES string of the molecule is O=C1OCC2=CC(Br)(Br)CC=C2[N+]1(C1CCN(S(=O)(=O)c2ccccc2)CC1)C1CCN(S(=O)(=O)c2ccc3ccccc3c2)CC1. The Balaban J connectivity index is 1.18. The quantitative estimate of drug-likeness (QED) is 0.208. The van der Waals surface area contributed by atoms with Crippen molar-refractivity contribution in [1.82, 2.24) is 8.61 Å². The van der Waals surface area contributed by atoms with Crippen LogP contribution in [-0.4, -0.2) is 84.1 Å². The number of rotatable bonds is 6. The molecule has 3 aromatic rings. The number of sulfonamides is 2. The molecular formula is C34H36Br2N3O6S2+. The molecule has 3 heterocycles. The van der Waals surface area contributed by atoms with Gasteiger partial charge in [-0.15, -0.1) is 0 Å². The molecule has 3 saturated heterocycles. The van der Waals surface area contributed by atoms with Crippen LogP contribution in [0, 0.1) is 0 Å². The molecule has 0 spiro atoms. The molecule has 0 bridgehead atoms. The Morgan fingerprint density at radius 2 is 1.28 bits per heavy atom. The highest BCUT2D eigenvalue weighted by molar-refractivity contribution is 9.25. The molecule has 7 rings (SSSR count). The average molecular weight is 807 g/mol. The van der Waals surface area contributed by atoms with E-state index in [2.05, 4.69) is 44.0 Å². The summed E-state index contributed by atoms with van der Waals surface area (Å²) in [6, 6.07) is 20.9. The van der Waals surface area contributed by atoms with Crippen LogP contribution in [0.25, 0.3) is 10.8 Å². The number of piperidine rings is 2. The van der Waals surface area contributed by atoms with Crippen LogP contribution < -0.4 is 0 Å². The van der Waals surface area contributed by atoms with Crippen LogP contribution in [-0.2, 0) is 24.8 Å². The fourth-order valence-electron chi connectivity index (χ4n) is 7.79. The minimum Gasteiger partial charge on any atom is -0.415 e. The molecule has 3 fully saturated rings. The van der Waals surface area contributed by atoms with Crippen LogP contribution in [0.2, 0.25) is 0 Å². The largest absolute Gasteiger partial charge is 0.522 e. The van der Waals surface area contributed by atoms with Crippen LogP contribution in [0.1, 0.15) is 32.1 Å². The van der Waals surface area contributed by atoms with Gasteiger partial charge in [-0.25, -0.2) is 16.8 Å². The zero-order valence-corrected chi connectivity index (χ0v) is 30.5. The Labute approximate surface area is 292 Å². The van der Waals surface area contributed by atoms with Crippen molar-refractivity contribution in [2.75, 3.05) is 32.8 Å². The maximum atomic E-state index is 14.3. The van der Waals surface area contributed by atoms with Gasteiger partial charge < -0.3 is 4.74 Å². The lowest BCUT2D eigenvalue weighted by atomic mass is 9.88. The summed E-state index contributed by atoms with van der Waals surface area (Å²) in [6.45, 7) is 1.23. The van der Waals surface area contributed by atoms with Crippen molar-refractivity contribution in [3.63, 3.8) is 0 Å². The lowest BCUT2D eigenvalue weighted by Gasteiger charge is -2.53. The zero-order chi connectivity index (χ0) is 33.0. The molecule has 13 heteroatoms. The second kappa shape index (κ2) is 12.5. The van der Waals surface area contributed by atoms with Gasteiger partial charge in [0.05, 0.1) is 9.79 Å². The number of allylic oxidation sites excluding steroid dienone is 2. The number of carbonyl (C=O) groups is 1. The zero-order valence-electron chi connectivity index (χ0n) is 25.7. The molecule has 4 aliphatic rings. The fraction of sp³-hybridized carbons (Fsp3) is 0.382. The summed E-state index contributed by atoms with van der Waals surface area (Å²) in [5.41, 5.74) is 1.81. The van der Waals surface area contributed by atoms with Gasteiger partial charge >= 0.3 is 6.09 Å². The van der Waals surface area contributed by atoms with Gasteiger partial charge in [0.15, 0.2) is 0 Å². The topological polar surface area (TPSA) is 101 Å². The van der Waals surface area contributed by atoms with E-state index in [-0.39, 0.29) is 65.2 Å². The normalized spacial score (nSPS) is 25.1. The number of benzene rings is 3. The lowest BCUT2D eigenvalue weighted by Crippen LogP contribution is -2.69. The molecule has 0 N–H and O–H groups in total. The minimum atomic E-state index is -3.76. The first-order valence-electron chi connectivity index (χ1n) is 15.8. The number of halogens is 2. The van der Waals surface area contributed by atoms with Gasteiger partial charge in [-0.1, -0.05) is 80.4 Å². The second-order valence-electron chi connectivity index (χ2n) is 12.6. The van der Waals surface area contributed by atoms with Gasteiger partial charge in [0.2, 0.25) is 20.0 Å². The summed E-state index contributed by atoms with van der Waals surface area (Å²) >= 11 is 7.44. The number of hydrogen-bond acceptors (Lipinski definition) is 6. The van der Waals surface area contributed by atoms with Crippen LogP contribution in [0.15, 0.2) is 106 Å². The Hall–Kier alpha value is -2.39.